The van der Waals surface area contributed by atoms with Gasteiger partial charge in [0.1, 0.15) is 5.82 Å². The van der Waals surface area contributed by atoms with Crippen LogP contribution in [0.3, 0.4) is 0 Å². The van der Waals surface area contributed by atoms with Crippen LogP contribution in [0.4, 0.5) is 4.39 Å². The number of carboxylic acids is 2. The summed E-state index contributed by atoms with van der Waals surface area (Å²) in [5, 5.41) is 14.8. The number of aliphatic carboxylic acids is 2. The standard InChI is InChI=1S/C17H18FN3O.C2H2O4/c18-16-5-1-3-14(11-16)13-20-7-9-21(10-8-20)17(22)15-4-2-6-19-12-15;3-1(4)2(5)6/h1-6,11-12H,7-10,13H2;(H,3,4)(H,5,6). The Morgan fingerprint density at radius 3 is 2.21 bits per heavy atom. The van der Waals surface area contributed by atoms with Gasteiger partial charge in [0.2, 0.25) is 0 Å². The molecule has 3 rings (SSSR count). The van der Waals surface area contributed by atoms with Crippen molar-refractivity contribution in [2.45, 2.75) is 6.54 Å². The van der Waals surface area contributed by atoms with E-state index in [9.17, 15) is 9.18 Å². The Balaban J connectivity index is 0.000000409. The molecule has 2 heterocycles. The smallest absolute Gasteiger partial charge is 0.414 e. The third-order valence-electron chi connectivity index (χ3n) is 4.05. The molecule has 1 fully saturated rings. The number of amides is 1. The van der Waals surface area contributed by atoms with Crippen molar-refractivity contribution in [2.75, 3.05) is 26.2 Å². The molecule has 0 bridgehead atoms. The Kier molecular flexibility index (Phi) is 7.58. The van der Waals surface area contributed by atoms with Crippen LogP contribution in [0.2, 0.25) is 0 Å². The molecule has 0 atom stereocenters. The lowest BCUT2D eigenvalue weighted by Crippen LogP contribution is -2.48. The normalized spacial score (nSPS) is 14.0. The lowest BCUT2D eigenvalue weighted by atomic mass is 10.2. The van der Waals surface area contributed by atoms with Gasteiger partial charge >= 0.3 is 11.9 Å². The zero-order valence-corrected chi connectivity index (χ0v) is 15.0. The minimum absolute atomic E-state index is 0.0264. The summed E-state index contributed by atoms with van der Waals surface area (Å²) in [6.07, 6.45) is 3.26. The van der Waals surface area contributed by atoms with Crippen molar-refractivity contribution in [2.24, 2.45) is 0 Å². The highest BCUT2D eigenvalue weighted by Gasteiger charge is 2.22. The van der Waals surface area contributed by atoms with E-state index in [1.807, 2.05) is 11.0 Å². The molecule has 0 unspecified atom stereocenters. The van der Waals surface area contributed by atoms with E-state index in [2.05, 4.69) is 9.88 Å². The first-order chi connectivity index (χ1) is 13.4. The molecule has 9 heteroatoms. The molecule has 0 radical (unpaired) electrons. The van der Waals surface area contributed by atoms with Crippen molar-refractivity contribution in [3.05, 3.63) is 65.7 Å². The van der Waals surface area contributed by atoms with Gasteiger partial charge in [-0.15, -0.1) is 0 Å². The molecule has 28 heavy (non-hydrogen) atoms. The highest BCUT2D eigenvalue weighted by Crippen LogP contribution is 2.12. The summed E-state index contributed by atoms with van der Waals surface area (Å²) in [7, 11) is 0. The van der Waals surface area contributed by atoms with Crippen molar-refractivity contribution < 1.29 is 29.0 Å². The number of hydrogen-bond acceptors (Lipinski definition) is 5. The molecular formula is C19H20FN3O5. The number of halogens is 1. The van der Waals surface area contributed by atoms with Gasteiger partial charge in [-0.05, 0) is 29.8 Å². The molecule has 1 aliphatic rings. The molecule has 1 aromatic heterocycles. The quantitative estimate of drug-likeness (QED) is 0.762. The number of benzene rings is 1. The highest BCUT2D eigenvalue weighted by molar-refractivity contribution is 6.27. The zero-order chi connectivity index (χ0) is 20.5. The Labute approximate surface area is 160 Å². The minimum atomic E-state index is -1.82. The Morgan fingerprint density at radius 1 is 1.00 bits per heavy atom. The van der Waals surface area contributed by atoms with Crippen molar-refractivity contribution in [1.82, 2.24) is 14.8 Å². The van der Waals surface area contributed by atoms with Crippen LogP contribution in [0.5, 0.6) is 0 Å². The second-order valence-corrected chi connectivity index (χ2v) is 6.05. The molecule has 2 aromatic rings. The second-order valence-electron chi connectivity index (χ2n) is 6.05. The van der Waals surface area contributed by atoms with Gasteiger partial charge in [0, 0.05) is 45.1 Å². The van der Waals surface area contributed by atoms with E-state index in [1.54, 1.807) is 36.7 Å². The van der Waals surface area contributed by atoms with Crippen LogP contribution in [0, 0.1) is 5.82 Å². The molecule has 1 amide bonds. The van der Waals surface area contributed by atoms with Crippen molar-refractivity contribution >= 4 is 17.8 Å². The van der Waals surface area contributed by atoms with E-state index in [0.717, 1.165) is 18.7 Å². The number of rotatable bonds is 3. The average Bonchev–Trinajstić information content (AvgIpc) is 2.69. The van der Waals surface area contributed by atoms with Crippen LogP contribution in [0.25, 0.3) is 0 Å². The van der Waals surface area contributed by atoms with E-state index in [1.165, 1.54) is 6.07 Å². The van der Waals surface area contributed by atoms with Gasteiger partial charge < -0.3 is 15.1 Å². The van der Waals surface area contributed by atoms with Gasteiger partial charge in [0.15, 0.2) is 0 Å². The highest BCUT2D eigenvalue weighted by atomic mass is 19.1. The summed E-state index contributed by atoms with van der Waals surface area (Å²) in [6.45, 7) is 3.67. The molecule has 1 aliphatic heterocycles. The topological polar surface area (TPSA) is 111 Å². The number of carboxylic acid groups (broad SMARTS) is 2. The first-order valence-corrected chi connectivity index (χ1v) is 8.49. The fourth-order valence-electron chi connectivity index (χ4n) is 2.67. The van der Waals surface area contributed by atoms with E-state index in [0.29, 0.717) is 25.2 Å². The second kappa shape index (κ2) is 10.1. The van der Waals surface area contributed by atoms with E-state index in [4.69, 9.17) is 19.8 Å². The number of hydrogen-bond donors (Lipinski definition) is 2. The molecule has 1 saturated heterocycles. The molecular weight excluding hydrogens is 369 g/mol. The first-order valence-electron chi connectivity index (χ1n) is 8.49. The molecule has 0 aliphatic carbocycles. The fourth-order valence-corrected chi connectivity index (χ4v) is 2.67. The number of carbonyl (C=O) groups is 3. The summed E-state index contributed by atoms with van der Waals surface area (Å²) >= 11 is 0. The van der Waals surface area contributed by atoms with Crippen LogP contribution in [0.15, 0.2) is 48.8 Å². The van der Waals surface area contributed by atoms with Crippen molar-refractivity contribution in [3.8, 4) is 0 Å². The summed E-state index contributed by atoms with van der Waals surface area (Å²) < 4.78 is 13.2. The maximum atomic E-state index is 13.2. The monoisotopic (exact) mass is 389 g/mol. The zero-order valence-electron chi connectivity index (χ0n) is 15.0. The molecule has 0 saturated carbocycles. The Morgan fingerprint density at radius 2 is 1.68 bits per heavy atom. The maximum absolute atomic E-state index is 13.2. The van der Waals surface area contributed by atoms with E-state index < -0.39 is 11.9 Å². The number of nitrogens with zero attached hydrogens (tertiary/aromatic N) is 3. The third kappa shape index (κ3) is 6.44. The van der Waals surface area contributed by atoms with Crippen LogP contribution in [-0.2, 0) is 16.1 Å². The SMILES string of the molecule is O=C(O)C(=O)O.O=C(c1cccnc1)N1CCN(Cc2cccc(F)c2)CC1. The molecule has 1 aromatic carbocycles. The number of pyridine rings is 1. The van der Waals surface area contributed by atoms with Gasteiger partial charge in [0.05, 0.1) is 5.56 Å². The molecule has 2 N–H and O–H groups in total. The third-order valence-corrected chi connectivity index (χ3v) is 4.05. The number of carbonyl (C=O) groups excluding carboxylic acids is 1. The van der Waals surface area contributed by atoms with Crippen LogP contribution in [-0.4, -0.2) is 69.0 Å². The summed E-state index contributed by atoms with van der Waals surface area (Å²) in [4.78, 5) is 38.6. The van der Waals surface area contributed by atoms with Crippen molar-refractivity contribution in [1.29, 1.82) is 0 Å². The van der Waals surface area contributed by atoms with Crippen LogP contribution < -0.4 is 0 Å². The summed E-state index contributed by atoms with van der Waals surface area (Å²) in [6, 6.07) is 10.2. The Hall–Kier alpha value is -3.33. The molecule has 8 nitrogen and oxygen atoms in total. The predicted octanol–water partition coefficient (Wildman–Crippen LogP) is 1.33. The fraction of sp³-hybridized carbons (Fsp3) is 0.263. The summed E-state index contributed by atoms with van der Waals surface area (Å²) in [5.41, 5.74) is 1.59. The molecule has 148 valence electrons. The number of aromatic nitrogens is 1. The average molecular weight is 389 g/mol. The lowest BCUT2D eigenvalue weighted by molar-refractivity contribution is -0.159. The van der Waals surface area contributed by atoms with Gasteiger partial charge in [-0.25, -0.2) is 14.0 Å². The van der Waals surface area contributed by atoms with E-state index >= 15 is 0 Å². The van der Waals surface area contributed by atoms with Gasteiger partial charge in [-0.3, -0.25) is 14.7 Å². The van der Waals surface area contributed by atoms with E-state index in [-0.39, 0.29) is 11.7 Å². The first kappa shape index (κ1) is 21.0. The van der Waals surface area contributed by atoms with Crippen LogP contribution in [0.1, 0.15) is 15.9 Å². The van der Waals surface area contributed by atoms with Crippen molar-refractivity contribution in [3.63, 3.8) is 0 Å². The largest absolute Gasteiger partial charge is 0.473 e. The van der Waals surface area contributed by atoms with Gasteiger partial charge in [0.25, 0.3) is 5.91 Å². The summed E-state index contributed by atoms with van der Waals surface area (Å²) in [5.74, 6) is -3.83. The maximum Gasteiger partial charge on any atom is 0.414 e. The lowest BCUT2D eigenvalue weighted by Gasteiger charge is -2.34. The van der Waals surface area contributed by atoms with Gasteiger partial charge in [-0.1, -0.05) is 12.1 Å². The van der Waals surface area contributed by atoms with Gasteiger partial charge in [-0.2, -0.15) is 0 Å². The Bertz CT molecular complexity index is 811. The number of piperazine rings is 1. The predicted molar refractivity (Wildman–Crippen MR) is 97.1 cm³/mol. The van der Waals surface area contributed by atoms with Crippen LogP contribution >= 0.6 is 0 Å². The minimum Gasteiger partial charge on any atom is -0.473 e. The molecule has 0 spiro atoms.